The zero-order chi connectivity index (χ0) is 22.1. The zero-order valence-corrected chi connectivity index (χ0v) is 17.6. The van der Waals surface area contributed by atoms with Gasteiger partial charge < -0.3 is 9.47 Å². The molecule has 0 unspecified atom stereocenters. The van der Waals surface area contributed by atoms with Crippen LogP contribution in [0.2, 0.25) is 0 Å². The van der Waals surface area contributed by atoms with Crippen molar-refractivity contribution < 1.29 is 14.3 Å². The lowest BCUT2D eigenvalue weighted by atomic mass is 10.1. The van der Waals surface area contributed by atoms with Gasteiger partial charge in [0.15, 0.2) is 11.5 Å². The number of benzene rings is 1. The van der Waals surface area contributed by atoms with Crippen molar-refractivity contribution in [2.75, 3.05) is 14.2 Å². The van der Waals surface area contributed by atoms with Gasteiger partial charge in [-0.05, 0) is 42.5 Å². The Bertz CT molecular complexity index is 1420. The highest BCUT2D eigenvalue weighted by Gasteiger charge is 2.13. The van der Waals surface area contributed by atoms with Crippen LogP contribution in [-0.2, 0) is 0 Å². The first kappa shape index (κ1) is 19.6. The molecular formula is C25H20N4O3. The molecule has 1 aromatic carbocycles. The van der Waals surface area contributed by atoms with E-state index in [-0.39, 0.29) is 5.91 Å². The van der Waals surface area contributed by atoms with Crippen molar-refractivity contribution in [3.05, 3.63) is 85.2 Å². The quantitative estimate of drug-likeness (QED) is 0.382. The van der Waals surface area contributed by atoms with Gasteiger partial charge in [-0.2, -0.15) is 0 Å². The van der Waals surface area contributed by atoms with Crippen LogP contribution in [0.15, 0.2) is 79.5 Å². The Hall–Kier alpha value is -4.39. The number of ether oxygens (including phenoxy) is 2. The fourth-order valence-corrected chi connectivity index (χ4v) is 3.73. The number of fused-ring (bicyclic) bond motifs is 2. The van der Waals surface area contributed by atoms with Crippen molar-refractivity contribution in [2.45, 2.75) is 0 Å². The van der Waals surface area contributed by atoms with E-state index in [4.69, 9.17) is 14.5 Å². The highest BCUT2D eigenvalue weighted by Crippen LogP contribution is 2.32. The SMILES string of the molecule is COc1cc2cn(C(=O)/C=C/c3c(-c4ccncc4)nc4ccccn34)cc2cc1OC. The number of nitrogens with zero attached hydrogens (tertiary/aromatic N) is 4. The highest BCUT2D eigenvalue weighted by atomic mass is 16.5. The van der Waals surface area contributed by atoms with Gasteiger partial charge in [0, 0.05) is 53.4 Å². The summed E-state index contributed by atoms with van der Waals surface area (Å²) < 4.78 is 14.2. The van der Waals surface area contributed by atoms with Crippen LogP contribution in [-0.4, -0.2) is 39.1 Å². The third-order valence-electron chi connectivity index (χ3n) is 5.30. The molecule has 5 rings (SSSR count). The topological polar surface area (TPSA) is 70.7 Å². The summed E-state index contributed by atoms with van der Waals surface area (Å²) >= 11 is 0. The second kappa shape index (κ2) is 8.03. The molecule has 158 valence electrons. The molecule has 0 spiro atoms. The molecule has 0 aliphatic heterocycles. The number of carbonyl (C=O) groups is 1. The molecule has 5 aromatic rings. The molecule has 0 bridgehead atoms. The first-order valence-electron chi connectivity index (χ1n) is 10.0. The Morgan fingerprint density at radius 3 is 2.31 bits per heavy atom. The predicted molar refractivity (Wildman–Crippen MR) is 123 cm³/mol. The van der Waals surface area contributed by atoms with Gasteiger partial charge in [0.05, 0.1) is 25.6 Å². The average Bonchev–Trinajstić information content (AvgIpc) is 3.43. The number of pyridine rings is 2. The van der Waals surface area contributed by atoms with E-state index in [9.17, 15) is 4.79 Å². The van der Waals surface area contributed by atoms with E-state index in [0.29, 0.717) is 11.5 Å². The molecule has 32 heavy (non-hydrogen) atoms. The van der Waals surface area contributed by atoms with Crippen LogP contribution in [0.3, 0.4) is 0 Å². The monoisotopic (exact) mass is 424 g/mol. The van der Waals surface area contributed by atoms with Gasteiger partial charge in [-0.1, -0.05) is 6.07 Å². The molecule has 0 aliphatic rings. The minimum atomic E-state index is -0.175. The lowest BCUT2D eigenvalue weighted by Crippen LogP contribution is -2.03. The van der Waals surface area contributed by atoms with Gasteiger partial charge in [-0.3, -0.25) is 18.7 Å². The Labute approximate surface area is 184 Å². The number of methoxy groups -OCH3 is 2. The van der Waals surface area contributed by atoms with E-state index in [0.717, 1.165) is 33.4 Å². The number of allylic oxidation sites excluding steroid dienone is 1. The molecule has 7 heteroatoms. The number of carbonyl (C=O) groups excluding carboxylic acids is 1. The molecule has 0 N–H and O–H groups in total. The first-order valence-corrected chi connectivity index (χ1v) is 10.0. The van der Waals surface area contributed by atoms with Crippen LogP contribution in [0.4, 0.5) is 0 Å². The summed E-state index contributed by atoms with van der Waals surface area (Å²) in [6.07, 6.45) is 12.3. The largest absolute Gasteiger partial charge is 0.493 e. The minimum Gasteiger partial charge on any atom is -0.493 e. The van der Waals surface area contributed by atoms with Crippen molar-refractivity contribution >= 4 is 28.4 Å². The molecule has 0 aliphatic carbocycles. The fourth-order valence-electron chi connectivity index (χ4n) is 3.73. The predicted octanol–water partition coefficient (Wildman–Crippen LogP) is 4.72. The lowest BCUT2D eigenvalue weighted by molar-refractivity contribution is 0.0970. The fraction of sp³-hybridized carbons (Fsp3) is 0.0800. The van der Waals surface area contributed by atoms with Gasteiger partial charge in [-0.15, -0.1) is 0 Å². The van der Waals surface area contributed by atoms with Crippen LogP contribution in [0.25, 0.3) is 33.8 Å². The summed E-state index contributed by atoms with van der Waals surface area (Å²) in [6, 6.07) is 13.3. The van der Waals surface area contributed by atoms with Crippen LogP contribution in [0, 0.1) is 0 Å². The number of hydrogen-bond acceptors (Lipinski definition) is 5. The van der Waals surface area contributed by atoms with Gasteiger partial charge in [0.25, 0.3) is 5.91 Å². The zero-order valence-electron chi connectivity index (χ0n) is 17.6. The maximum atomic E-state index is 13.0. The molecule has 0 atom stereocenters. The average molecular weight is 424 g/mol. The van der Waals surface area contributed by atoms with Crippen molar-refractivity contribution in [1.82, 2.24) is 18.9 Å². The smallest absolute Gasteiger partial charge is 0.254 e. The molecule has 4 heterocycles. The van der Waals surface area contributed by atoms with Crippen LogP contribution in [0.1, 0.15) is 10.5 Å². The second-order valence-corrected chi connectivity index (χ2v) is 7.18. The standard InChI is InChI=1S/C25H20N4O3/c1-31-21-13-18-15-28(16-19(18)14-22(21)32-2)24(30)7-6-20-25(17-8-10-26-11-9-17)27-23-5-3-4-12-29(20)23/h3-16H,1-2H3/b7-6+. The molecule has 0 fully saturated rings. The minimum absolute atomic E-state index is 0.175. The Morgan fingerprint density at radius 2 is 1.66 bits per heavy atom. The molecule has 0 saturated carbocycles. The summed E-state index contributed by atoms with van der Waals surface area (Å²) in [5.41, 5.74) is 3.34. The highest BCUT2D eigenvalue weighted by molar-refractivity contribution is 5.98. The Kier molecular flexibility index (Phi) is 4.91. The maximum Gasteiger partial charge on any atom is 0.254 e. The van der Waals surface area contributed by atoms with Crippen LogP contribution < -0.4 is 9.47 Å². The van der Waals surface area contributed by atoms with E-state index in [1.54, 1.807) is 55.7 Å². The normalized spacial score (nSPS) is 11.4. The molecule has 0 radical (unpaired) electrons. The maximum absolute atomic E-state index is 13.0. The summed E-state index contributed by atoms with van der Waals surface area (Å²) in [4.78, 5) is 21.8. The summed E-state index contributed by atoms with van der Waals surface area (Å²) in [5, 5.41) is 1.77. The summed E-state index contributed by atoms with van der Waals surface area (Å²) in [7, 11) is 3.18. The molecule has 0 saturated heterocycles. The second-order valence-electron chi connectivity index (χ2n) is 7.18. The Balaban J connectivity index is 1.54. The molecular weight excluding hydrogens is 404 g/mol. The van der Waals surface area contributed by atoms with Crippen molar-refractivity contribution in [2.24, 2.45) is 0 Å². The van der Waals surface area contributed by atoms with Gasteiger partial charge in [0.2, 0.25) is 0 Å². The van der Waals surface area contributed by atoms with Gasteiger partial charge in [-0.25, -0.2) is 4.98 Å². The van der Waals surface area contributed by atoms with Crippen molar-refractivity contribution in [1.29, 1.82) is 0 Å². The van der Waals surface area contributed by atoms with E-state index in [1.807, 2.05) is 53.1 Å². The number of rotatable bonds is 5. The van der Waals surface area contributed by atoms with Crippen molar-refractivity contribution in [3.63, 3.8) is 0 Å². The van der Waals surface area contributed by atoms with E-state index in [2.05, 4.69) is 4.98 Å². The van der Waals surface area contributed by atoms with E-state index < -0.39 is 0 Å². The van der Waals surface area contributed by atoms with Crippen LogP contribution in [0.5, 0.6) is 11.5 Å². The van der Waals surface area contributed by atoms with Gasteiger partial charge in [0.1, 0.15) is 5.65 Å². The third kappa shape index (κ3) is 3.39. The first-order chi connectivity index (χ1) is 15.7. The lowest BCUT2D eigenvalue weighted by Gasteiger charge is -2.06. The molecule has 4 aromatic heterocycles. The van der Waals surface area contributed by atoms with E-state index >= 15 is 0 Å². The van der Waals surface area contributed by atoms with E-state index in [1.165, 1.54) is 0 Å². The summed E-state index contributed by atoms with van der Waals surface area (Å²) in [5.74, 6) is 1.06. The molecule has 7 nitrogen and oxygen atoms in total. The van der Waals surface area contributed by atoms with Crippen LogP contribution >= 0.6 is 0 Å². The van der Waals surface area contributed by atoms with Crippen molar-refractivity contribution in [3.8, 4) is 22.8 Å². The number of imidazole rings is 1. The third-order valence-corrected chi connectivity index (χ3v) is 5.30. The Morgan fingerprint density at radius 1 is 0.969 bits per heavy atom. The number of aromatic nitrogens is 4. The molecule has 0 amide bonds. The summed E-state index contributed by atoms with van der Waals surface area (Å²) in [6.45, 7) is 0. The number of hydrogen-bond donors (Lipinski definition) is 0. The van der Waals surface area contributed by atoms with Gasteiger partial charge >= 0.3 is 0 Å².